The number of nitrogens with two attached hydrogens (primary N) is 1. The fourth-order valence-corrected chi connectivity index (χ4v) is 1.02. The molecular formula is C6H11N3OS. The van der Waals surface area contributed by atoms with E-state index in [1.54, 1.807) is 6.07 Å². The fourth-order valence-electron chi connectivity index (χ4n) is 0.513. The molecule has 5 heteroatoms. The molecule has 0 rings (SSSR count). The molecule has 0 spiro atoms. The summed E-state index contributed by atoms with van der Waals surface area (Å²) in [4.78, 5) is 10.9. The maximum Gasteiger partial charge on any atom is 0.238 e. The van der Waals surface area contributed by atoms with Gasteiger partial charge in [0, 0.05) is 5.75 Å². The van der Waals surface area contributed by atoms with Crippen molar-refractivity contribution in [2.75, 3.05) is 18.6 Å². The quantitative estimate of drug-likeness (QED) is 0.552. The summed E-state index contributed by atoms with van der Waals surface area (Å²) in [5, 5.41) is 10.5. The largest absolute Gasteiger partial charge is 0.342 e. The van der Waals surface area contributed by atoms with Crippen molar-refractivity contribution < 1.29 is 4.79 Å². The number of hydrogen-bond donors (Lipinski definition) is 2. The van der Waals surface area contributed by atoms with Gasteiger partial charge in [0.25, 0.3) is 0 Å². The molecule has 0 radical (unpaired) electrons. The summed E-state index contributed by atoms with van der Waals surface area (Å²) < 4.78 is 0. The zero-order valence-corrected chi connectivity index (χ0v) is 7.15. The summed E-state index contributed by atoms with van der Waals surface area (Å²) >= 11 is 1.50. The molecule has 11 heavy (non-hydrogen) atoms. The number of rotatable bonds is 4. The van der Waals surface area contributed by atoms with Gasteiger partial charge in [-0.1, -0.05) is 0 Å². The maximum absolute atomic E-state index is 10.9. The molecule has 62 valence electrons. The molecule has 0 aliphatic carbocycles. The first-order valence-corrected chi connectivity index (χ1v) is 4.51. The Hall–Kier alpha value is -0.730. The number of amides is 1. The van der Waals surface area contributed by atoms with Crippen LogP contribution in [0.15, 0.2) is 0 Å². The van der Waals surface area contributed by atoms with E-state index in [9.17, 15) is 4.79 Å². The highest BCUT2D eigenvalue weighted by Crippen LogP contribution is 1.93. The second kappa shape index (κ2) is 6.01. The zero-order valence-electron chi connectivity index (χ0n) is 6.33. The van der Waals surface area contributed by atoms with Crippen molar-refractivity contribution in [3.8, 4) is 6.07 Å². The van der Waals surface area contributed by atoms with E-state index in [-0.39, 0.29) is 12.5 Å². The minimum Gasteiger partial charge on any atom is -0.342 e. The minimum atomic E-state index is -0.502. The summed E-state index contributed by atoms with van der Waals surface area (Å²) in [5.41, 5.74) is 5.43. The topological polar surface area (TPSA) is 78.9 Å². The highest BCUT2D eigenvalue weighted by atomic mass is 32.2. The molecule has 0 aromatic heterocycles. The van der Waals surface area contributed by atoms with Crippen LogP contribution in [0.1, 0.15) is 0 Å². The van der Waals surface area contributed by atoms with Crippen LogP contribution in [0.4, 0.5) is 0 Å². The van der Waals surface area contributed by atoms with Gasteiger partial charge in [-0.3, -0.25) is 4.79 Å². The zero-order chi connectivity index (χ0) is 8.69. The number of nitrogens with one attached hydrogen (secondary N) is 1. The van der Waals surface area contributed by atoms with Crippen molar-refractivity contribution in [2.24, 2.45) is 5.73 Å². The van der Waals surface area contributed by atoms with Crippen molar-refractivity contribution in [3.63, 3.8) is 0 Å². The number of carbonyl (C=O) groups is 1. The van der Waals surface area contributed by atoms with Gasteiger partial charge in [0.05, 0.1) is 12.1 Å². The van der Waals surface area contributed by atoms with Gasteiger partial charge in [-0.2, -0.15) is 17.0 Å². The van der Waals surface area contributed by atoms with Gasteiger partial charge in [-0.15, -0.1) is 0 Å². The number of nitrogens with zero attached hydrogens (tertiary/aromatic N) is 1. The Balaban J connectivity index is 3.57. The molecule has 3 N–H and O–H groups in total. The average molecular weight is 173 g/mol. The lowest BCUT2D eigenvalue weighted by Gasteiger charge is -2.07. The summed E-state index contributed by atoms with van der Waals surface area (Å²) in [7, 11) is 0. The summed E-state index contributed by atoms with van der Waals surface area (Å²) in [6, 6.07) is 1.30. The van der Waals surface area contributed by atoms with E-state index in [1.807, 2.05) is 6.26 Å². The van der Waals surface area contributed by atoms with Crippen molar-refractivity contribution in [1.82, 2.24) is 5.32 Å². The van der Waals surface area contributed by atoms with Crippen LogP contribution < -0.4 is 11.1 Å². The van der Waals surface area contributed by atoms with Crippen molar-refractivity contribution in [2.45, 2.75) is 6.04 Å². The number of carbonyl (C=O) groups excluding carboxylic acids is 1. The Morgan fingerprint density at radius 2 is 2.55 bits per heavy atom. The molecule has 0 heterocycles. The Kier molecular flexibility index (Phi) is 5.61. The summed E-state index contributed by atoms with van der Waals surface area (Å²) in [6.07, 6.45) is 1.87. The van der Waals surface area contributed by atoms with Crippen LogP contribution in [0.3, 0.4) is 0 Å². The van der Waals surface area contributed by atoms with Crippen molar-refractivity contribution in [3.05, 3.63) is 0 Å². The van der Waals surface area contributed by atoms with E-state index in [2.05, 4.69) is 5.32 Å². The lowest BCUT2D eigenvalue weighted by Crippen LogP contribution is -2.42. The minimum absolute atomic E-state index is 0.0287. The van der Waals surface area contributed by atoms with E-state index in [0.29, 0.717) is 5.75 Å². The maximum atomic E-state index is 10.9. The van der Waals surface area contributed by atoms with Crippen LogP contribution in [0.25, 0.3) is 0 Å². The van der Waals surface area contributed by atoms with Crippen LogP contribution in [0, 0.1) is 11.3 Å². The molecule has 4 nitrogen and oxygen atoms in total. The third kappa shape index (κ3) is 4.65. The highest BCUT2D eigenvalue weighted by molar-refractivity contribution is 7.98. The molecule has 0 aliphatic rings. The molecule has 0 aliphatic heterocycles. The van der Waals surface area contributed by atoms with Gasteiger partial charge in [0.1, 0.15) is 6.54 Å². The standard InChI is InChI=1S/C6H11N3OS/c1-11-4-5(8)6(10)9-3-2-7/h5H,3-4,8H2,1H3,(H,9,10). The average Bonchev–Trinajstić information content (AvgIpc) is 2.00. The molecule has 1 atom stereocenters. The number of thioether (sulfide) groups is 1. The summed E-state index contributed by atoms with van der Waals surface area (Å²) in [6.45, 7) is 0.0287. The molecule has 0 saturated carbocycles. The van der Waals surface area contributed by atoms with Crippen LogP contribution >= 0.6 is 11.8 Å². The van der Waals surface area contributed by atoms with Gasteiger partial charge >= 0.3 is 0 Å². The molecule has 1 amide bonds. The normalized spacial score (nSPS) is 11.7. The van der Waals surface area contributed by atoms with Gasteiger partial charge < -0.3 is 11.1 Å². The second-order valence-corrected chi connectivity index (χ2v) is 2.85. The SMILES string of the molecule is CSCC(N)C(=O)NCC#N. The molecule has 0 bridgehead atoms. The van der Waals surface area contributed by atoms with E-state index >= 15 is 0 Å². The Bertz CT molecular complexity index is 166. The van der Waals surface area contributed by atoms with E-state index in [0.717, 1.165) is 0 Å². The van der Waals surface area contributed by atoms with Gasteiger partial charge in [0.2, 0.25) is 5.91 Å². The highest BCUT2D eigenvalue weighted by Gasteiger charge is 2.10. The first-order valence-electron chi connectivity index (χ1n) is 3.11. The van der Waals surface area contributed by atoms with Crippen molar-refractivity contribution in [1.29, 1.82) is 5.26 Å². The number of hydrogen-bond acceptors (Lipinski definition) is 4. The summed E-state index contributed by atoms with van der Waals surface area (Å²) in [5.74, 6) is 0.318. The van der Waals surface area contributed by atoms with E-state index in [1.165, 1.54) is 11.8 Å². The smallest absolute Gasteiger partial charge is 0.238 e. The van der Waals surface area contributed by atoms with Gasteiger partial charge in [0.15, 0.2) is 0 Å². The Labute approximate surface area is 70.1 Å². The van der Waals surface area contributed by atoms with Crippen molar-refractivity contribution >= 4 is 17.7 Å². The Morgan fingerprint density at radius 1 is 1.91 bits per heavy atom. The number of nitriles is 1. The molecular weight excluding hydrogens is 162 g/mol. The monoisotopic (exact) mass is 173 g/mol. The van der Waals surface area contributed by atoms with E-state index in [4.69, 9.17) is 11.0 Å². The molecule has 0 fully saturated rings. The van der Waals surface area contributed by atoms with Crippen LogP contribution in [-0.4, -0.2) is 30.5 Å². The van der Waals surface area contributed by atoms with Crippen LogP contribution in [0.5, 0.6) is 0 Å². The molecule has 0 aromatic carbocycles. The second-order valence-electron chi connectivity index (χ2n) is 1.94. The third-order valence-corrected chi connectivity index (χ3v) is 1.72. The Morgan fingerprint density at radius 3 is 3.00 bits per heavy atom. The molecule has 0 aromatic rings. The van der Waals surface area contributed by atoms with Gasteiger partial charge in [-0.05, 0) is 6.26 Å². The first-order chi connectivity index (χ1) is 5.22. The lowest BCUT2D eigenvalue weighted by atomic mass is 10.3. The first kappa shape index (κ1) is 10.3. The van der Waals surface area contributed by atoms with Crippen LogP contribution in [0.2, 0.25) is 0 Å². The lowest BCUT2D eigenvalue weighted by molar-refractivity contribution is -0.121. The third-order valence-electron chi connectivity index (χ3n) is 1.02. The van der Waals surface area contributed by atoms with E-state index < -0.39 is 6.04 Å². The predicted molar refractivity (Wildman–Crippen MR) is 45.0 cm³/mol. The van der Waals surface area contributed by atoms with Gasteiger partial charge in [-0.25, -0.2) is 0 Å². The fraction of sp³-hybridized carbons (Fsp3) is 0.667. The predicted octanol–water partition coefficient (Wildman–Crippen LogP) is -0.684. The van der Waals surface area contributed by atoms with Crippen LogP contribution in [-0.2, 0) is 4.79 Å². The molecule has 1 unspecified atom stereocenters. The molecule has 0 saturated heterocycles.